The molecule has 0 aromatic heterocycles. The molecule has 0 aliphatic carbocycles. The van der Waals surface area contributed by atoms with Crippen molar-refractivity contribution in [2.45, 2.75) is 330 Å². The molecule has 15 amide bonds. The van der Waals surface area contributed by atoms with Crippen molar-refractivity contribution in [2.75, 3.05) is 32.7 Å². The smallest absolute Gasteiger partial charge is 0.243 e. The fourth-order valence-electron chi connectivity index (χ4n) is 12.5. The zero-order valence-corrected chi connectivity index (χ0v) is 71.0. The Morgan fingerprint density at radius 2 is 0.509 bits per heavy atom. The first-order chi connectivity index (χ1) is 53.5. The number of amides is 15. The van der Waals surface area contributed by atoms with Gasteiger partial charge in [0.1, 0.15) is 78.5 Å². The maximum atomic E-state index is 14.7. The van der Waals surface area contributed by atoms with Crippen molar-refractivity contribution in [3.8, 4) is 0 Å². The van der Waals surface area contributed by atoms with E-state index < -0.39 is 191 Å². The summed E-state index contributed by atoms with van der Waals surface area (Å²) in [5, 5.41) is 35.3. The Labute approximate surface area is 676 Å². The Bertz CT molecular complexity index is 3000. The molecule has 0 aliphatic rings. The van der Waals surface area contributed by atoms with Gasteiger partial charge in [0, 0.05) is 0 Å². The summed E-state index contributed by atoms with van der Waals surface area (Å²) in [4.78, 5) is 210. The normalized spacial score (nSPS) is 15.5. The summed E-state index contributed by atoms with van der Waals surface area (Å²) in [7, 11) is 0. The Morgan fingerprint density at radius 1 is 0.263 bits per heavy atom. The van der Waals surface area contributed by atoms with Gasteiger partial charge in [0.25, 0.3) is 0 Å². The zero-order valence-electron chi connectivity index (χ0n) is 71.0. The summed E-state index contributed by atoms with van der Waals surface area (Å²) in [6.07, 6.45) is 4.77. The van der Waals surface area contributed by atoms with E-state index in [9.17, 15) is 71.9 Å². The summed E-state index contributed by atoms with van der Waals surface area (Å²) in [5.41, 5.74) is 46.4. The van der Waals surface area contributed by atoms with Crippen molar-refractivity contribution < 1.29 is 71.9 Å². The maximum Gasteiger partial charge on any atom is 0.243 e. The maximum absolute atomic E-state index is 14.7. The second-order valence-corrected chi connectivity index (χ2v) is 32.7. The quantitative estimate of drug-likeness (QED) is 0.0311. The summed E-state index contributed by atoms with van der Waals surface area (Å²) < 4.78 is 0. The highest BCUT2D eigenvalue weighted by molar-refractivity contribution is 6.00. The predicted molar refractivity (Wildman–Crippen MR) is 438 cm³/mol. The molecule has 36 heteroatoms. The number of hydrogen-bond donors (Lipinski definition) is 21. The summed E-state index contributed by atoms with van der Waals surface area (Å²) >= 11 is 0. The van der Waals surface area contributed by atoms with E-state index in [2.05, 4.69) is 69.1 Å². The van der Waals surface area contributed by atoms with Crippen molar-refractivity contribution >= 4 is 88.6 Å². The molecular weight excluding hydrogens is 1470 g/mol. The molecule has 0 aromatic carbocycles. The van der Waals surface area contributed by atoms with E-state index in [0.29, 0.717) is 70.6 Å². The van der Waals surface area contributed by atoms with Crippen LogP contribution in [0.25, 0.3) is 0 Å². The number of rotatable bonds is 62. The number of nitrogens with two attached hydrogens (primary N) is 8. The first-order valence-electron chi connectivity index (χ1n) is 41.3. The molecule has 0 saturated heterocycles. The highest BCUT2D eigenvalue weighted by atomic mass is 16.2. The van der Waals surface area contributed by atoms with Crippen LogP contribution in [0.3, 0.4) is 0 Å². The summed E-state index contributed by atoms with van der Waals surface area (Å²) in [5.74, 6) is -13.3. The van der Waals surface area contributed by atoms with Gasteiger partial charge in [-0.15, -0.1) is 0 Å². The van der Waals surface area contributed by atoms with Gasteiger partial charge < -0.3 is 115 Å². The number of unbranched alkanes of at least 4 members (excludes halogenated alkanes) is 5. The first-order valence-corrected chi connectivity index (χ1v) is 41.3. The highest BCUT2D eigenvalue weighted by Crippen LogP contribution is 2.18. The fraction of sp³-hybridized carbons (Fsp3) is 0.808. The zero-order chi connectivity index (χ0) is 87.1. The van der Waals surface area contributed by atoms with Crippen molar-refractivity contribution in [1.82, 2.24) is 69.1 Å². The van der Waals surface area contributed by atoms with Gasteiger partial charge in [0.2, 0.25) is 88.6 Å². The molecule has 0 fully saturated rings. The summed E-state index contributed by atoms with van der Waals surface area (Å²) in [6.45, 7) is 27.8. The minimum atomic E-state index is -1.50. The molecule has 0 aliphatic heterocycles. The predicted octanol–water partition coefficient (Wildman–Crippen LogP) is -1.43. The number of carbonyl (C=O) groups excluding carboxylic acids is 15. The number of nitrogens with one attached hydrogen (secondary N) is 13. The van der Waals surface area contributed by atoms with Gasteiger partial charge in [-0.2, -0.15) is 0 Å². The van der Waals surface area contributed by atoms with E-state index in [1.54, 1.807) is 34.6 Å². The molecule has 29 N–H and O–H groups in total. The second kappa shape index (κ2) is 57.8. The van der Waals surface area contributed by atoms with Crippen LogP contribution in [0.5, 0.6) is 0 Å². The molecule has 0 bridgehead atoms. The molecular formula is C78H149N21O15. The largest absolute Gasteiger partial charge is 0.370 e. The van der Waals surface area contributed by atoms with E-state index in [1.165, 1.54) is 6.92 Å². The van der Waals surface area contributed by atoms with Crippen molar-refractivity contribution in [3.63, 3.8) is 0 Å². The lowest BCUT2D eigenvalue weighted by molar-refractivity contribution is -0.137. The van der Waals surface area contributed by atoms with E-state index in [-0.39, 0.29) is 127 Å². The van der Waals surface area contributed by atoms with Crippen LogP contribution >= 0.6 is 0 Å². The molecule has 0 spiro atoms. The lowest BCUT2D eigenvalue weighted by Crippen LogP contribution is -2.61. The van der Waals surface area contributed by atoms with Gasteiger partial charge in [-0.1, -0.05) is 103 Å². The lowest BCUT2D eigenvalue weighted by atomic mass is 9.96. The van der Waals surface area contributed by atoms with E-state index in [1.807, 2.05) is 62.3 Å². The van der Waals surface area contributed by atoms with Crippen LogP contribution in [0.1, 0.15) is 245 Å². The monoisotopic (exact) mass is 1620 g/mol. The molecule has 0 radical (unpaired) electrons. The van der Waals surface area contributed by atoms with Crippen LogP contribution in [0.2, 0.25) is 0 Å². The second-order valence-electron chi connectivity index (χ2n) is 32.7. The first kappa shape index (κ1) is 106. The van der Waals surface area contributed by atoms with Gasteiger partial charge in [-0.05, 0) is 209 Å². The van der Waals surface area contributed by atoms with Gasteiger partial charge in [-0.3, -0.25) is 71.9 Å². The minimum Gasteiger partial charge on any atom is -0.370 e. The van der Waals surface area contributed by atoms with E-state index >= 15 is 0 Å². The standard InChI is InChI=1S/C78H149N21O15/c1-16-49(14)64(78(114)93-57(65(86)101)38-44(4)5)99-72(108)56(31-21-26-36-83)90-68(104)52(27-17-22-32-79)88-66(102)50(15)87-77(113)63(48(12)13)98-71(107)55(30-20-25-35-82)92-74(110)58(39-45(6)7)96-75(111)60(41-47(10)11)95-70(106)54(29-19-24-34-81)89-69(105)53(28-18-23-33-80)91-73(109)59(40-46(8)9)97-76(112)61(42-62(85)100)94-67(103)51(84)37-43(2)3/h43-61,63-64H,16-42,79-84H2,1-15H3,(H2,85,100)(H2,86,101)(H,87,113)(H,88,102)(H,89,105)(H,90,104)(H,91,109)(H,92,110)(H,93,114)(H,94,103)(H,95,106)(H,96,111)(H,97,112)(H,98,107)(H,99,108)/t49-,50-,51-,52-,53-,54-,55-,56-,57-,58-,59-,60-,61-,63-,64-/m0/s1. The molecule has 0 saturated carbocycles. The molecule has 15 atom stereocenters. The van der Waals surface area contributed by atoms with Crippen LogP contribution in [0.4, 0.5) is 0 Å². The van der Waals surface area contributed by atoms with Gasteiger partial charge >= 0.3 is 0 Å². The average Bonchev–Trinajstić information content (AvgIpc) is 0.857. The van der Waals surface area contributed by atoms with Crippen LogP contribution < -0.4 is 115 Å². The van der Waals surface area contributed by atoms with Crippen molar-refractivity contribution in [1.29, 1.82) is 0 Å². The number of hydrogen-bond acceptors (Lipinski definition) is 21. The van der Waals surface area contributed by atoms with Gasteiger partial charge in [0.05, 0.1) is 12.5 Å². The van der Waals surface area contributed by atoms with E-state index in [4.69, 9.17) is 45.9 Å². The Kier molecular flexibility index (Phi) is 53.6. The molecule has 656 valence electrons. The molecule has 0 aromatic rings. The Hall–Kier alpha value is -8.19. The number of primary amides is 2. The van der Waals surface area contributed by atoms with Crippen LogP contribution in [-0.2, 0) is 71.9 Å². The minimum absolute atomic E-state index is 0.000527. The molecule has 114 heavy (non-hydrogen) atoms. The molecule has 36 nitrogen and oxygen atoms in total. The average molecular weight is 1620 g/mol. The molecule has 0 heterocycles. The van der Waals surface area contributed by atoms with Gasteiger partial charge in [0.15, 0.2) is 0 Å². The summed E-state index contributed by atoms with van der Waals surface area (Å²) in [6, 6.07) is -17.6. The van der Waals surface area contributed by atoms with Crippen molar-refractivity contribution in [2.24, 2.45) is 87.3 Å². The SMILES string of the molecule is CC[C@H](C)[C@H](NC(=O)[C@H](CCCCN)NC(=O)[C@H](CCCCN)NC(=O)[C@H](C)NC(=O)[C@@H](NC(=O)[C@H](CCCCN)NC(=O)[C@H](CC(C)C)NC(=O)[C@H](CC(C)C)NC(=O)[C@H](CCCCN)NC(=O)[C@H](CCCCN)NC(=O)[C@H](CC(C)C)NC(=O)[C@H](CC(N)=O)NC(=O)[C@@H](N)CC(C)C)C(C)C)C(=O)N[C@@H](CC(C)C)C(N)=O. The van der Waals surface area contributed by atoms with Crippen LogP contribution in [-0.4, -0.2) is 206 Å². The topological polar surface area (TPSA) is 621 Å². The Morgan fingerprint density at radius 3 is 0.789 bits per heavy atom. The third-order valence-corrected chi connectivity index (χ3v) is 19.2. The van der Waals surface area contributed by atoms with Crippen LogP contribution in [0, 0.1) is 41.4 Å². The molecule has 0 rings (SSSR count). The Balaban J connectivity index is 7.10. The van der Waals surface area contributed by atoms with Gasteiger partial charge in [-0.25, -0.2) is 0 Å². The van der Waals surface area contributed by atoms with E-state index in [0.717, 1.165) is 0 Å². The van der Waals surface area contributed by atoms with Crippen LogP contribution in [0.15, 0.2) is 0 Å². The highest BCUT2D eigenvalue weighted by Gasteiger charge is 2.39. The third-order valence-electron chi connectivity index (χ3n) is 19.2. The van der Waals surface area contributed by atoms with Crippen molar-refractivity contribution in [3.05, 3.63) is 0 Å². The molecule has 0 unspecified atom stereocenters. The lowest BCUT2D eigenvalue weighted by Gasteiger charge is -2.30. The third kappa shape index (κ3) is 43.5. The fourth-order valence-corrected chi connectivity index (χ4v) is 12.5. The number of carbonyl (C=O) groups is 15.